The summed E-state index contributed by atoms with van der Waals surface area (Å²) in [5, 5.41) is 2.54. The Balaban J connectivity index is 2.23. The lowest BCUT2D eigenvalue weighted by molar-refractivity contribution is -0.120. The molecular formula is C17H21N3O4. The monoisotopic (exact) mass is 331 g/mol. The summed E-state index contributed by atoms with van der Waals surface area (Å²) in [4.78, 5) is 29.3. The van der Waals surface area contributed by atoms with Gasteiger partial charge in [-0.15, -0.1) is 0 Å². The number of nitrogens with zero attached hydrogens (tertiary/aromatic N) is 2. The van der Waals surface area contributed by atoms with Gasteiger partial charge in [-0.05, 0) is 45.4 Å². The van der Waals surface area contributed by atoms with Crippen LogP contribution in [0.15, 0.2) is 12.1 Å². The van der Waals surface area contributed by atoms with Gasteiger partial charge in [0.1, 0.15) is 24.0 Å². The van der Waals surface area contributed by atoms with E-state index in [0.717, 1.165) is 5.56 Å². The second-order valence-electron chi connectivity index (χ2n) is 6.63. The molecule has 7 heteroatoms. The van der Waals surface area contributed by atoms with Crippen LogP contribution in [0.4, 0.5) is 16.2 Å². The third-order valence-electron chi connectivity index (χ3n) is 3.48. The Labute approximate surface area is 141 Å². The summed E-state index contributed by atoms with van der Waals surface area (Å²) < 4.78 is 10.9. The molecule has 128 valence electrons. The number of anilines is 1. The Kier molecular flexibility index (Phi) is 4.69. The highest BCUT2D eigenvalue weighted by Gasteiger charge is 2.32. The highest BCUT2D eigenvalue weighted by atomic mass is 16.6. The number of fused-ring (bicyclic) bond motifs is 1. The fraction of sp³-hybridized carbons (Fsp3) is 0.471. The van der Waals surface area contributed by atoms with Crippen molar-refractivity contribution in [3.63, 3.8) is 0 Å². The largest absolute Gasteiger partial charge is 0.489 e. The predicted octanol–water partition coefficient (Wildman–Crippen LogP) is 2.79. The number of amides is 2. The molecule has 7 nitrogen and oxygen atoms in total. The molecule has 1 aliphatic rings. The molecule has 0 saturated heterocycles. The van der Waals surface area contributed by atoms with Gasteiger partial charge in [-0.3, -0.25) is 4.79 Å². The smallest absolute Gasteiger partial charge is 0.408 e. The van der Waals surface area contributed by atoms with E-state index in [2.05, 4.69) is 10.2 Å². The molecule has 1 heterocycles. The second-order valence-corrected chi connectivity index (χ2v) is 6.63. The minimum absolute atomic E-state index is 0.00772. The first-order valence-electron chi connectivity index (χ1n) is 7.54. The van der Waals surface area contributed by atoms with Gasteiger partial charge in [-0.1, -0.05) is 0 Å². The lowest BCUT2D eigenvalue weighted by atomic mass is 10.1. The van der Waals surface area contributed by atoms with Crippen LogP contribution in [0.1, 0.15) is 26.3 Å². The van der Waals surface area contributed by atoms with Crippen molar-refractivity contribution in [3.8, 4) is 5.75 Å². The zero-order valence-corrected chi connectivity index (χ0v) is 14.5. The number of nitrogens with one attached hydrogen (secondary N) is 1. The summed E-state index contributed by atoms with van der Waals surface area (Å²) in [6, 6.07) is 2.47. The first-order valence-corrected chi connectivity index (χ1v) is 7.54. The summed E-state index contributed by atoms with van der Waals surface area (Å²) in [6.07, 6.45) is -0.679. The molecule has 1 N–H and O–H groups in total. The summed E-state index contributed by atoms with van der Waals surface area (Å²) >= 11 is 0. The van der Waals surface area contributed by atoms with E-state index in [0.29, 0.717) is 17.1 Å². The van der Waals surface area contributed by atoms with E-state index in [4.69, 9.17) is 16.0 Å². The zero-order valence-electron chi connectivity index (χ0n) is 14.5. The Bertz CT molecular complexity index is 716. The molecule has 0 saturated carbocycles. The van der Waals surface area contributed by atoms with Crippen LogP contribution in [0.2, 0.25) is 0 Å². The first kappa shape index (κ1) is 17.6. The standard InChI is InChI=1S/C17H21N3O4/c1-10-7-14-13(8-11(10)18-5)20(6)15(21)12(9-23-14)19-16(22)24-17(2,3)4/h7-8,12H,9H2,1-4,6H3,(H,19,22)/t12-/m0/s1. The number of hydrogen-bond acceptors (Lipinski definition) is 4. The van der Waals surface area contributed by atoms with Gasteiger partial charge in [0.2, 0.25) is 0 Å². The molecule has 0 aromatic heterocycles. The lowest BCUT2D eigenvalue weighted by Gasteiger charge is -2.23. The van der Waals surface area contributed by atoms with Crippen LogP contribution in [0.3, 0.4) is 0 Å². The maximum atomic E-state index is 12.6. The zero-order chi connectivity index (χ0) is 18.1. The number of rotatable bonds is 1. The number of likely N-dealkylation sites (N-methyl/N-ethyl adjacent to an activating group) is 1. The van der Waals surface area contributed by atoms with Crippen molar-refractivity contribution >= 4 is 23.4 Å². The van der Waals surface area contributed by atoms with E-state index < -0.39 is 17.7 Å². The molecule has 0 radical (unpaired) electrons. The Morgan fingerprint density at radius 1 is 1.46 bits per heavy atom. The van der Waals surface area contributed by atoms with Crippen LogP contribution >= 0.6 is 0 Å². The topological polar surface area (TPSA) is 72.2 Å². The quantitative estimate of drug-likeness (QED) is 0.803. The average Bonchev–Trinajstić information content (AvgIpc) is 2.57. The maximum Gasteiger partial charge on any atom is 0.408 e. The molecule has 24 heavy (non-hydrogen) atoms. The second kappa shape index (κ2) is 6.40. The Hall–Kier alpha value is -2.75. The third kappa shape index (κ3) is 3.77. The van der Waals surface area contributed by atoms with Gasteiger partial charge in [0, 0.05) is 7.05 Å². The lowest BCUT2D eigenvalue weighted by Crippen LogP contribution is -2.50. The molecule has 1 aromatic rings. The highest BCUT2D eigenvalue weighted by molar-refractivity contribution is 6.00. The molecule has 0 aliphatic carbocycles. The number of benzene rings is 1. The first-order chi connectivity index (χ1) is 11.1. The molecule has 1 aliphatic heterocycles. The van der Waals surface area contributed by atoms with E-state index in [9.17, 15) is 9.59 Å². The Morgan fingerprint density at radius 2 is 2.12 bits per heavy atom. The summed E-state index contributed by atoms with van der Waals surface area (Å²) in [7, 11) is 1.59. The number of hydrogen-bond donors (Lipinski definition) is 1. The minimum atomic E-state index is -0.867. The van der Waals surface area contributed by atoms with Crippen molar-refractivity contribution in [3.05, 3.63) is 29.1 Å². The van der Waals surface area contributed by atoms with E-state index in [-0.39, 0.29) is 12.5 Å². The average molecular weight is 331 g/mol. The van der Waals surface area contributed by atoms with Crippen molar-refractivity contribution in [1.29, 1.82) is 0 Å². The van der Waals surface area contributed by atoms with Crippen LogP contribution in [0.25, 0.3) is 4.85 Å². The van der Waals surface area contributed by atoms with Crippen LogP contribution in [0.5, 0.6) is 5.75 Å². The van der Waals surface area contributed by atoms with Gasteiger partial charge in [0.05, 0.1) is 12.3 Å². The van der Waals surface area contributed by atoms with Gasteiger partial charge in [0.25, 0.3) is 5.91 Å². The van der Waals surface area contributed by atoms with Gasteiger partial charge in [-0.25, -0.2) is 9.64 Å². The Morgan fingerprint density at radius 3 is 2.71 bits per heavy atom. The van der Waals surface area contributed by atoms with Crippen molar-refractivity contribution in [1.82, 2.24) is 5.32 Å². The molecule has 0 bridgehead atoms. The van der Waals surface area contributed by atoms with E-state index in [1.165, 1.54) is 4.90 Å². The SMILES string of the molecule is [C-]#[N+]c1cc2c(cc1C)OC[C@H](NC(=O)OC(C)(C)C)C(=O)N2C. The van der Waals surface area contributed by atoms with Gasteiger partial charge < -0.3 is 19.7 Å². The summed E-state index contributed by atoms with van der Waals surface area (Å²) in [6.45, 7) is 14.2. The van der Waals surface area contributed by atoms with E-state index >= 15 is 0 Å². The molecule has 1 atom stereocenters. The number of carbonyl (C=O) groups excluding carboxylic acids is 2. The van der Waals surface area contributed by atoms with E-state index in [1.807, 2.05) is 0 Å². The number of alkyl carbamates (subject to hydrolysis) is 1. The van der Waals surface area contributed by atoms with Gasteiger partial charge >= 0.3 is 6.09 Å². The minimum Gasteiger partial charge on any atom is -0.489 e. The molecule has 0 fully saturated rings. The van der Waals surface area contributed by atoms with Crippen molar-refractivity contribution in [2.45, 2.75) is 39.3 Å². The molecular weight excluding hydrogens is 310 g/mol. The number of carbonyl (C=O) groups is 2. The van der Waals surface area contributed by atoms with Gasteiger partial charge in [0.15, 0.2) is 5.69 Å². The van der Waals surface area contributed by atoms with Crippen LogP contribution in [0, 0.1) is 13.5 Å². The van der Waals surface area contributed by atoms with Crippen molar-refractivity contribution < 1.29 is 19.1 Å². The van der Waals surface area contributed by atoms with Crippen molar-refractivity contribution in [2.75, 3.05) is 18.6 Å². The molecule has 0 spiro atoms. The fourth-order valence-electron chi connectivity index (χ4n) is 2.31. The van der Waals surface area contributed by atoms with Crippen LogP contribution in [-0.2, 0) is 9.53 Å². The van der Waals surface area contributed by atoms with Crippen LogP contribution in [-0.4, -0.2) is 37.3 Å². The number of ether oxygens (including phenoxy) is 2. The molecule has 0 unspecified atom stereocenters. The predicted molar refractivity (Wildman–Crippen MR) is 89.5 cm³/mol. The highest BCUT2D eigenvalue weighted by Crippen LogP contribution is 2.36. The van der Waals surface area contributed by atoms with Gasteiger partial charge in [-0.2, -0.15) is 0 Å². The molecule has 2 rings (SSSR count). The maximum absolute atomic E-state index is 12.6. The summed E-state index contributed by atoms with van der Waals surface area (Å²) in [5.74, 6) is 0.170. The molecule has 2 amide bonds. The molecule has 1 aromatic carbocycles. The summed E-state index contributed by atoms with van der Waals surface area (Å²) in [5.41, 5.74) is 1.07. The van der Waals surface area contributed by atoms with Crippen LogP contribution < -0.4 is 15.0 Å². The van der Waals surface area contributed by atoms with Crippen molar-refractivity contribution in [2.24, 2.45) is 0 Å². The number of aryl methyl sites for hydroxylation is 1. The normalized spacial score (nSPS) is 17.2. The van der Waals surface area contributed by atoms with E-state index in [1.54, 1.807) is 46.9 Å². The third-order valence-corrected chi connectivity index (χ3v) is 3.48. The fourth-order valence-corrected chi connectivity index (χ4v) is 2.31.